The summed E-state index contributed by atoms with van der Waals surface area (Å²) < 4.78 is 15.3. The fourth-order valence-corrected chi connectivity index (χ4v) is 7.05. The van der Waals surface area contributed by atoms with E-state index in [1.807, 2.05) is 105 Å². The largest absolute Gasteiger partial charge is 0.452 e. The summed E-state index contributed by atoms with van der Waals surface area (Å²) >= 11 is 0. The van der Waals surface area contributed by atoms with Crippen molar-refractivity contribution in [1.82, 2.24) is 14.5 Å². The summed E-state index contributed by atoms with van der Waals surface area (Å²) in [5, 5.41) is 11.8. The highest BCUT2D eigenvalue weighted by molar-refractivity contribution is 6.09. The number of aromatic nitrogens is 3. The lowest BCUT2D eigenvalue weighted by Gasteiger charge is -2.25. The Morgan fingerprint density at radius 3 is 1.78 bits per heavy atom. The lowest BCUT2D eigenvalue weighted by atomic mass is 9.92. The number of hydrogen-bond acceptors (Lipinski definition) is 5. The van der Waals surface area contributed by atoms with Crippen LogP contribution in [0.1, 0.15) is 19.4 Å². The molecule has 8 aromatic rings. The van der Waals surface area contributed by atoms with E-state index in [0.29, 0.717) is 5.56 Å². The van der Waals surface area contributed by atoms with Gasteiger partial charge in [-0.05, 0) is 130 Å². The van der Waals surface area contributed by atoms with Gasteiger partial charge in [-0.2, -0.15) is 5.26 Å². The highest BCUT2D eigenvalue weighted by Gasteiger charge is 2.30. The van der Waals surface area contributed by atoms with E-state index in [0.717, 1.165) is 83.5 Å². The molecule has 0 saturated heterocycles. The maximum Gasteiger partial charge on any atom is 0.245 e. The van der Waals surface area contributed by atoms with Crippen LogP contribution in [-0.4, -0.2) is 20.3 Å². The van der Waals surface area contributed by atoms with Gasteiger partial charge in [-0.25, -0.2) is 0 Å². The molecule has 5 aromatic carbocycles. The average Bonchev–Trinajstić information content (AvgIpc) is 3.43. The number of rotatable bonds is 4. The molecular formula is C44H30N4O2. The minimum absolute atomic E-state index is 0.636. The van der Waals surface area contributed by atoms with Crippen LogP contribution >= 0.6 is 0 Å². The molecule has 0 bridgehead atoms. The number of pyridine rings is 2. The van der Waals surface area contributed by atoms with Gasteiger partial charge in [-0.15, -0.1) is 0 Å². The van der Waals surface area contributed by atoms with Gasteiger partial charge in [0.25, 0.3) is 0 Å². The molecule has 0 atom stereocenters. The zero-order chi connectivity index (χ0) is 33.8. The standard InChI is InChI=1S/C44H30N4O2/c1-44(2)49-42-11-8-31(34-23-32(29-13-17-46-18-14-29)22-33(24-34)30-15-19-47-20-16-30)25-38(42)39-26-35(9-12-43(39)50-44)48-40-6-4-3-5-36(40)37-21-28(27-45)7-10-41(37)48/h3-26H,1-2H3. The second-order valence-corrected chi connectivity index (χ2v) is 13.0. The van der Waals surface area contributed by atoms with E-state index in [1.54, 1.807) is 0 Å². The number of ether oxygens (including phenoxy) is 2. The van der Waals surface area contributed by atoms with Crippen molar-refractivity contribution in [3.8, 4) is 67.8 Å². The fourth-order valence-electron chi connectivity index (χ4n) is 7.05. The Morgan fingerprint density at radius 2 is 1.12 bits per heavy atom. The summed E-state index contributed by atoms with van der Waals surface area (Å²) in [4.78, 5) is 8.48. The molecule has 9 rings (SSSR count). The molecule has 1 aliphatic heterocycles. The van der Waals surface area contributed by atoms with Crippen LogP contribution in [-0.2, 0) is 0 Å². The third-order valence-electron chi connectivity index (χ3n) is 9.30. The maximum absolute atomic E-state index is 9.65. The predicted octanol–water partition coefficient (Wildman–Crippen LogP) is 10.6. The summed E-state index contributed by atoms with van der Waals surface area (Å²) in [5.74, 6) is 0.597. The first kappa shape index (κ1) is 29.4. The third kappa shape index (κ3) is 5.04. The number of nitriles is 1. The van der Waals surface area contributed by atoms with E-state index in [1.165, 1.54) is 0 Å². The summed E-state index contributed by atoms with van der Waals surface area (Å²) in [6, 6.07) is 44.0. The second kappa shape index (κ2) is 11.5. The van der Waals surface area contributed by atoms with Crippen molar-refractivity contribution in [1.29, 1.82) is 5.26 Å². The smallest absolute Gasteiger partial charge is 0.245 e. The molecule has 6 nitrogen and oxygen atoms in total. The fraction of sp³-hybridized carbons (Fsp3) is 0.0682. The van der Waals surface area contributed by atoms with Gasteiger partial charge in [0.15, 0.2) is 0 Å². The van der Waals surface area contributed by atoms with Gasteiger partial charge in [0.2, 0.25) is 5.79 Å². The predicted molar refractivity (Wildman–Crippen MR) is 198 cm³/mol. The number of fused-ring (bicyclic) bond motifs is 6. The van der Waals surface area contributed by atoms with Gasteiger partial charge < -0.3 is 14.0 Å². The van der Waals surface area contributed by atoms with Gasteiger partial charge >= 0.3 is 0 Å². The van der Waals surface area contributed by atoms with Crippen LogP contribution < -0.4 is 9.47 Å². The molecule has 0 spiro atoms. The van der Waals surface area contributed by atoms with Crippen LogP contribution in [0.5, 0.6) is 11.5 Å². The molecule has 1 aliphatic rings. The molecule has 0 radical (unpaired) electrons. The summed E-state index contributed by atoms with van der Waals surface area (Å²) in [6.07, 6.45) is 7.29. The zero-order valence-corrected chi connectivity index (χ0v) is 27.5. The Morgan fingerprint density at radius 1 is 0.540 bits per heavy atom. The highest BCUT2D eigenvalue weighted by Crippen LogP contribution is 2.46. The molecule has 6 heteroatoms. The monoisotopic (exact) mass is 646 g/mol. The Bertz CT molecular complexity index is 2580. The van der Waals surface area contributed by atoms with Gasteiger partial charge in [-0.3, -0.25) is 9.97 Å². The molecule has 3 aromatic heterocycles. The lowest BCUT2D eigenvalue weighted by Crippen LogP contribution is -2.34. The molecule has 0 N–H and O–H groups in total. The number of nitrogens with zero attached hydrogens (tertiary/aromatic N) is 4. The minimum atomic E-state index is -0.890. The van der Waals surface area contributed by atoms with Crippen LogP contribution in [0.4, 0.5) is 0 Å². The first-order valence-electron chi connectivity index (χ1n) is 16.5. The van der Waals surface area contributed by atoms with E-state index in [4.69, 9.17) is 9.47 Å². The Hall–Kier alpha value is -6.71. The lowest BCUT2D eigenvalue weighted by molar-refractivity contribution is -0.0778. The first-order chi connectivity index (χ1) is 24.4. The molecule has 0 aliphatic carbocycles. The number of benzene rings is 5. The maximum atomic E-state index is 9.65. The van der Waals surface area contributed by atoms with Gasteiger partial charge in [0.1, 0.15) is 11.5 Å². The summed E-state index contributed by atoms with van der Waals surface area (Å²) in [5.41, 5.74) is 12.1. The molecule has 4 heterocycles. The van der Waals surface area contributed by atoms with Crippen molar-refractivity contribution < 1.29 is 9.47 Å². The highest BCUT2D eigenvalue weighted by atomic mass is 16.7. The number of para-hydroxylation sites is 1. The topological polar surface area (TPSA) is 73.0 Å². The van der Waals surface area contributed by atoms with E-state index in [-0.39, 0.29) is 0 Å². The van der Waals surface area contributed by atoms with Gasteiger partial charge in [-0.1, -0.05) is 24.3 Å². The minimum Gasteiger partial charge on any atom is -0.452 e. The van der Waals surface area contributed by atoms with Crippen LogP contribution in [0.2, 0.25) is 0 Å². The molecular weight excluding hydrogens is 617 g/mol. The quantitative estimate of drug-likeness (QED) is 0.190. The Kier molecular flexibility index (Phi) is 6.75. The van der Waals surface area contributed by atoms with Crippen molar-refractivity contribution in [3.63, 3.8) is 0 Å². The molecule has 238 valence electrons. The Labute approximate surface area is 289 Å². The molecule has 0 amide bonds. The molecule has 0 saturated carbocycles. The summed E-state index contributed by atoms with van der Waals surface area (Å²) in [6.45, 7) is 3.87. The molecule has 0 fully saturated rings. The molecule has 0 unspecified atom stereocenters. The van der Waals surface area contributed by atoms with Crippen molar-refractivity contribution in [2.75, 3.05) is 0 Å². The first-order valence-corrected chi connectivity index (χ1v) is 16.5. The van der Waals surface area contributed by atoms with Crippen LogP contribution in [0.3, 0.4) is 0 Å². The van der Waals surface area contributed by atoms with E-state index in [9.17, 15) is 5.26 Å². The zero-order valence-electron chi connectivity index (χ0n) is 27.5. The van der Waals surface area contributed by atoms with Gasteiger partial charge in [0, 0.05) is 66.2 Å². The average molecular weight is 647 g/mol. The number of hydrogen-bond donors (Lipinski definition) is 0. The normalized spacial score (nSPS) is 13.1. The van der Waals surface area contributed by atoms with E-state index in [2.05, 4.69) is 75.2 Å². The van der Waals surface area contributed by atoms with Crippen LogP contribution in [0.15, 0.2) is 146 Å². The molecule has 50 heavy (non-hydrogen) atoms. The third-order valence-corrected chi connectivity index (χ3v) is 9.30. The van der Waals surface area contributed by atoms with Gasteiger partial charge in [0.05, 0.1) is 22.7 Å². The van der Waals surface area contributed by atoms with Crippen molar-refractivity contribution in [2.45, 2.75) is 19.6 Å². The van der Waals surface area contributed by atoms with Crippen LogP contribution in [0, 0.1) is 11.3 Å². The van der Waals surface area contributed by atoms with E-state index >= 15 is 0 Å². The van der Waals surface area contributed by atoms with Crippen molar-refractivity contribution in [3.05, 3.63) is 152 Å². The van der Waals surface area contributed by atoms with Crippen molar-refractivity contribution in [2.24, 2.45) is 0 Å². The Balaban J connectivity index is 1.25. The second-order valence-electron chi connectivity index (χ2n) is 13.0. The van der Waals surface area contributed by atoms with Crippen LogP contribution in [0.25, 0.3) is 72.0 Å². The summed E-state index contributed by atoms with van der Waals surface area (Å²) in [7, 11) is 0. The van der Waals surface area contributed by atoms with Crippen molar-refractivity contribution >= 4 is 21.8 Å². The van der Waals surface area contributed by atoms with E-state index < -0.39 is 5.79 Å². The SMILES string of the molecule is CC1(C)Oc2ccc(-c3cc(-c4ccncc4)cc(-c4ccncc4)c3)cc2-c2cc(-n3c4ccccc4c4cc(C#N)ccc43)ccc2O1.